The maximum absolute atomic E-state index is 13.1. The highest BCUT2D eigenvalue weighted by Gasteiger charge is 2.26. The van der Waals surface area contributed by atoms with Crippen molar-refractivity contribution in [2.45, 2.75) is 40.0 Å². The fourth-order valence-corrected chi connectivity index (χ4v) is 3.72. The van der Waals surface area contributed by atoms with Crippen LogP contribution in [-0.2, 0) is 16.0 Å². The standard InChI is InChI=1S/C20H22FNO4S/c1-4-14-9-15(18(26)12-5-7-13(21)8-6-12)19(27-14)22-16(23)10-20(2,3)11-17(24)25/h5-9H,4,10-11H2,1-3H3,(H,22,23)(H,24,25). The molecule has 144 valence electrons. The number of carbonyl (C=O) groups excluding carboxylic acids is 2. The van der Waals surface area contributed by atoms with Crippen LogP contribution in [0.1, 0.15) is 54.4 Å². The van der Waals surface area contributed by atoms with Crippen LogP contribution < -0.4 is 5.32 Å². The summed E-state index contributed by atoms with van der Waals surface area (Å²) in [7, 11) is 0. The molecule has 0 fully saturated rings. The molecule has 0 saturated carbocycles. The molecule has 0 aliphatic carbocycles. The zero-order chi connectivity index (χ0) is 20.2. The van der Waals surface area contributed by atoms with Crippen molar-refractivity contribution in [3.63, 3.8) is 0 Å². The molecular weight excluding hydrogens is 369 g/mol. The molecule has 7 heteroatoms. The monoisotopic (exact) mass is 391 g/mol. The molecule has 1 amide bonds. The SMILES string of the molecule is CCc1cc(C(=O)c2ccc(F)cc2)c(NC(=O)CC(C)(C)CC(=O)O)s1. The molecule has 2 rings (SSSR count). The first kappa shape index (κ1) is 20.8. The van der Waals surface area contributed by atoms with Gasteiger partial charge < -0.3 is 10.4 Å². The average Bonchev–Trinajstić information content (AvgIpc) is 2.95. The van der Waals surface area contributed by atoms with Gasteiger partial charge >= 0.3 is 5.97 Å². The lowest BCUT2D eigenvalue weighted by Crippen LogP contribution is -2.25. The third kappa shape index (κ3) is 5.72. The van der Waals surface area contributed by atoms with Crippen LogP contribution in [0.3, 0.4) is 0 Å². The number of carboxylic acid groups (broad SMARTS) is 1. The maximum atomic E-state index is 13.1. The molecule has 1 aromatic heterocycles. The van der Waals surface area contributed by atoms with Crippen molar-refractivity contribution >= 4 is 34.0 Å². The molecule has 0 radical (unpaired) electrons. The fourth-order valence-electron chi connectivity index (χ4n) is 2.71. The number of carbonyl (C=O) groups is 3. The van der Waals surface area contributed by atoms with Crippen molar-refractivity contribution in [2.75, 3.05) is 5.32 Å². The summed E-state index contributed by atoms with van der Waals surface area (Å²) in [6, 6.07) is 6.97. The Kier molecular flexibility index (Phi) is 6.49. The molecule has 2 aromatic rings. The number of benzene rings is 1. The van der Waals surface area contributed by atoms with E-state index in [2.05, 4.69) is 5.32 Å². The van der Waals surface area contributed by atoms with E-state index < -0.39 is 17.2 Å². The largest absolute Gasteiger partial charge is 0.481 e. The van der Waals surface area contributed by atoms with Crippen molar-refractivity contribution in [3.05, 3.63) is 52.2 Å². The lowest BCUT2D eigenvalue weighted by Gasteiger charge is -2.21. The highest BCUT2D eigenvalue weighted by Crippen LogP contribution is 2.32. The molecule has 27 heavy (non-hydrogen) atoms. The number of aryl methyl sites for hydroxylation is 1. The molecule has 0 bridgehead atoms. The van der Waals surface area contributed by atoms with Gasteiger partial charge in [-0.1, -0.05) is 20.8 Å². The van der Waals surface area contributed by atoms with E-state index in [1.807, 2.05) is 6.92 Å². The second-order valence-corrected chi connectivity index (χ2v) is 8.24. The zero-order valence-electron chi connectivity index (χ0n) is 15.5. The Bertz CT molecular complexity index is 855. The normalized spacial score (nSPS) is 11.3. The second-order valence-electron chi connectivity index (χ2n) is 7.10. The molecule has 0 atom stereocenters. The van der Waals surface area contributed by atoms with Crippen LogP contribution in [0, 0.1) is 11.2 Å². The van der Waals surface area contributed by atoms with E-state index in [9.17, 15) is 18.8 Å². The Morgan fingerprint density at radius 1 is 1.15 bits per heavy atom. The minimum atomic E-state index is -0.968. The summed E-state index contributed by atoms with van der Waals surface area (Å²) in [5.74, 6) is -2.05. The molecule has 0 aliphatic rings. The number of amides is 1. The number of halogens is 1. The van der Waals surface area contributed by atoms with E-state index in [-0.39, 0.29) is 24.5 Å². The van der Waals surface area contributed by atoms with Gasteiger partial charge in [-0.05, 0) is 42.2 Å². The van der Waals surface area contributed by atoms with Gasteiger partial charge in [0.25, 0.3) is 0 Å². The maximum Gasteiger partial charge on any atom is 0.303 e. The minimum Gasteiger partial charge on any atom is -0.481 e. The van der Waals surface area contributed by atoms with E-state index in [4.69, 9.17) is 5.11 Å². The van der Waals surface area contributed by atoms with Crippen molar-refractivity contribution in [1.82, 2.24) is 0 Å². The van der Waals surface area contributed by atoms with Crippen LogP contribution in [0.2, 0.25) is 0 Å². The van der Waals surface area contributed by atoms with Crippen LogP contribution in [0.25, 0.3) is 0 Å². The van der Waals surface area contributed by atoms with Crippen LogP contribution in [-0.4, -0.2) is 22.8 Å². The van der Waals surface area contributed by atoms with E-state index >= 15 is 0 Å². The molecule has 0 spiro atoms. The fraction of sp³-hybridized carbons (Fsp3) is 0.350. The summed E-state index contributed by atoms with van der Waals surface area (Å²) < 4.78 is 13.1. The number of rotatable bonds is 8. The van der Waals surface area contributed by atoms with Crippen LogP contribution in [0.5, 0.6) is 0 Å². The lowest BCUT2D eigenvalue weighted by molar-refractivity contribution is -0.139. The Labute approximate surface area is 161 Å². The predicted octanol–water partition coefficient (Wildman–Crippen LogP) is 4.51. The lowest BCUT2D eigenvalue weighted by atomic mass is 9.85. The van der Waals surface area contributed by atoms with Gasteiger partial charge in [-0.2, -0.15) is 0 Å². The highest BCUT2D eigenvalue weighted by atomic mass is 32.1. The first-order valence-electron chi connectivity index (χ1n) is 8.56. The zero-order valence-corrected chi connectivity index (χ0v) is 16.3. The van der Waals surface area contributed by atoms with Crippen LogP contribution >= 0.6 is 11.3 Å². The van der Waals surface area contributed by atoms with Crippen molar-refractivity contribution in [2.24, 2.45) is 5.41 Å². The number of aliphatic carboxylic acids is 1. The third-order valence-electron chi connectivity index (χ3n) is 4.00. The molecule has 1 aromatic carbocycles. The number of ketones is 1. The molecule has 1 heterocycles. The summed E-state index contributed by atoms with van der Waals surface area (Å²) in [5.41, 5.74) is -0.0200. The summed E-state index contributed by atoms with van der Waals surface area (Å²) in [5, 5.41) is 12.1. The Balaban J connectivity index is 2.23. The van der Waals surface area contributed by atoms with E-state index in [1.54, 1.807) is 19.9 Å². The number of thiophene rings is 1. The average molecular weight is 391 g/mol. The van der Waals surface area contributed by atoms with Crippen LogP contribution in [0.4, 0.5) is 9.39 Å². The molecule has 0 unspecified atom stereocenters. The van der Waals surface area contributed by atoms with Gasteiger partial charge in [0, 0.05) is 16.9 Å². The number of nitrogens with one attached hydrogen (secondary N) is 1. The molecular formula is C20H22FNO4S. The van der Waals surface area contributed by atoms with Gasteiger partial charge in [0.15, 0.2) is 5.78 Å². The Hall–Kier alpha value is -2.54. The number of hydrogen-bond acceptors (Lipinski definition) is 4. The Morgan fingerprint density at radius 3 is 2.33 bits per heavy atom. The van der Waals surface area contributed by atoms with E-state index in [0.29, 0.717) is 22.5 Å². The molecule has 0 aliphatic heterocycles. The van der Waals surface area contributed by atoms with E-state index in [0.717, 1.165) is 4.88 Å². The summed E-state index contributed by atoms with van der Waals surface area (Å²) in [6.45, 7) is 5.36. The van der Waals surface area contributed by atoms with Gasteiger partial charge in [-0.25, -0.2) is 4.39 Å². The first-order valence-corrected chi connectivity index (χ1v) is 9.37. The summed E-state index contributed by atoms with van der Waals surface area (Å²) in [4.78, 5) is 37.0. The minimum absolute atomic E-state index is 0.0167. The topological polar surface area (TPSA) is 83.5 Å². The second kappa shape index (κ2) is 8.43. The van der Waals surface area contributed by atoms with Crippen LogP contribution in [0.15, 0.2) is 30.3 Å². The smallest absolute Gasteiger partial charge is 0.303 e. The highest BCUT2D eigenvalue weighted by molar-refractivity contribution is 7.16. The number of carboxylic acids is 1. The number of anilines is 1. The molecule has 2 N–H and O–H groups in total. The first-order chi connectivity index (χ1) is 12.6. The summed E-state index contributed by atoms with van der Waals surface area (Å²) in [6.07, 6.45) is 0.587. The van der Waals surface area contributed by atoms with Gasteiger partial charge in [0.05, 0.1) is 12.0 Å². The van der Waals surface area contributed by atoms with Gasteiger partial charge in [0.1, 0.15) is 10.8 Å². The van der Waals surface area contributed by atoms with Crippen molar-refractivity contribution < 1.29 is 23.9 Å². The third-order valence-corrected chi connectivity index (χ3v) is 5.20. The predicted molar refractivity (Wildman–Crippen MR) is 103 cm³/mol. The van der Waals surface area contributed by atoms with Crippen molar-refractivity contribution in [1.29, 1.82) is 0 Å². The molecule has 5 nitrogen and oxygen atoms in total. The summed E-state index contributed by atoms with van der Waals surface area (Å²) >= 11 is 1.31. The van der Waals surface area contributed by atoms with Gasteiger partial charge in [-0.15, -0.1) is 11.3 Å². The quantitative estimate of drug-likeness (QED) is 0.649. The van der Waals surface area contributed by atoms with Crippen molar-refractivity contribution in [3.8, 4) is 0 Å². The molecule has 0 saturated heterocycles. The van der Waals surface area contributed by atoms with E-state index in [1.165, 1.54) is 35.6 Å². The Morgan fingerprint density at radius 2 is 1.78 bits per heavy atom. The van der Waals surface area contributed by atoms with Gasteiger partial charge in [0.2, 0.25) is 5.91 Å². The number of hydrogen-bond donors (Lipinski definition) is 2. The van der Waals surface area contributed by atoms with Gasteiger partial charge in [-0.3, -0.25) is 14.4 Å².